The van der Waals surface area contributed by atoms with Gasteiger partial charge in [0.05, 0.1) is 13.2 Å². The molecule has 0 aromatic heterocycles. The number of hydrogen-bond donors (Lipinski definition) is 2. The Bertz CT molecular complexity index is 656. The average Bonchev–Trinajstić information content (AvgIpc) is 3.59. The standard InChI is InChI=1S/C22H26O5/c23-11-9-15-1-5-17(6-2-15)21(19-13-25-19)27-22(20-14-26-20)18-7-3-16(4-8-18)10-12-24/h1-8,19-24H,9-14H2. The van der Waals surface area contributed by atoms with Crippen molar-refractivity contribution in [3.63, 3.8) is 0 Å². The Labute approximate surface area is 159 Å². The van der Waals surface area contributed by atoms with E-state index in [2.05, 4.69) is 24.3 Å². The van der Waals surface area contributed by atoms with Gasteiger partial charge in [0.25, 0.3) is 0 Å². The first-order valence-corrected chi connectivity index (χ1v) is 9.56. The Kier molecular flexibility index (Phi) is 5.86. The maximum atomic E-state index is 9.09. The number of epoxide rings is 2. The van der Waals surface area contributed by atoms with E-state index >= 15 is 0 Å². The molecule has 27 heavy (non-hydrogen) atoms. The molecule has 0 amide bonds. The van der Waals surface area contributed by atoms with Crippen molar-refractivity contribution in [3.05, 3.63) is 70.8 Å². The minimum absolute atomic E-state index is 0.0728. The summed E-state index contributed by atoms with van der Waals surface area (Å²) in [7, 11) is 0. The number of hydrogen-bond acceptors (Lipinski definition) is 5. The molecule has 0 aliphatic carbocycles. The largest absolute Gasteiger partial charge is 0.396 e. The highest BCUT2D eigenvalue weighted by Crippen LogP contribution is 2.40. The van der Waals surface area contributed by atoms with Crippen LogP contribution in [0.15, 0.2) is 48.5 Å². The van der Waals surface area contributed by atoms with Gasteiger partial charge >= 0.3 is 0 Å². The summed E-state index contributed by atoms with van der Waals surface area (Å²) in [4.78, 5) is 0. The molecule has 0 saturated carbocycles. The zero-order valence-electron chi connectivity index (χ0n) is 15.3. The Morgan fingerprint density at radius 2 is 1.11 bits per heavy atom. The molecule has 2 heterocycles. The summed E-state index contributed by atoms with van der Waals surface area (Å²) in [6, 6.07) is 16.4. The molecule has 2 aromatic rings. The Hall–Kier alpha value is -1.76. The second-order valence-corrected chi connectivity index (χ2v) is 7.15. The number of benzene rings is 2. The van der Waals surface area contributed by atoms with Crippen LogP contribution in [0.5, 0.6) is 0 Å². The van der Waals surface area contributed by atoms with Gasteiger partial charge in [-0.05, 0) is 35.1 Å². The zero-order chi connectivity index (χ0) is 18.6. The lowest BCUT2D eigenvalue weighted by atomic mass is 10.0. The normalized spacial score (nSPS) is 23.0. The zero-order valence-corrected chi connectivity index (χ0v) is 15.3. The molecular weight excluding hydrogens is 344 g/mol. The smallest absolute Gasteiger partial charge is 0.112 e. The lowest BCUT2D eigenvalue weighted by Crippen LogP contribution is -2.19. The topological polar surface area (TPSA) is 74.8 Å². The first kappa shape index (κ1) is 18.6. The van der Waals surface area contributed by atoms with Gasteiger partial charge in [-0.3, -0.25) is 0 Å². The van der Waals surface area contributed by atoms with Gasteiger partial charge in [-0.25, -0.2) is 0 Å². The minimum Gasteiger partial charge on any atom is -0.396 e. The van der Waals surface area contributed by atoms with Crippen LogP contribution in [0, 0.1) is 0 Å². The van der Waals surface area contributed by atoms with Gasteiger partial charge in [0.1, 0.15) is 24.4 Å². The third kappa shape index (κ3) is 4.75. The van der Waals surface area contributed by atoms with Gasteiger partial charge in [-0.2, -0.15) is 0 Å². The second kappa shape index (κ2) is 8.50. The van der Waals surface area contributed by atoms with E-state index in [0.717, 1.165) is 22.3 Å². The van der Waals surface area contributed by atoms with E-state index < -0.39 is 0 Å². The SMILES string of the molecule is OCCc1ccc(C(OC(c2ccc(CCO)cc2)C2CO2)C2CO2)cc1. The molecule has 4 unspecified atom stereocenters. The molecule has 4 atom stereocenters. The van der Waals surface area contributed by atoms with Crippen LogP contribution in [0.2, 0.25) is 0 Å². The van der Waals surface area contributed by atoms with Gasteiger partial charge in [0, 0.05) is 13.2 Å². The Balaban J connectivity index is 1.51. The fraction of sp³-hybridized carbons (Fsp3) is 0.455. The second-order valence-electron chi connectivity index (χ2n) is 7.15. The van der Waals surface area contributed by atoms with Crippen molar-refractivity contribution >= 4 is 0 Å². The first-order chi connectivity index (χ1) is 13.3. The highest BCUT2D eigenvalue weighted by atomic mass is 16.6. The summed E-state index contributed by atoms with van der Waals surface area (Å²) in [5, 5.41) is 18.2. The van der Waals surface area contributed by atoms with Crippen LogP contribution in [0.1, 0.15) is 34.5 Å². The molecule has 2 aromatic carbocycles. The molecule has 144 valence electrons. The predicted octanol–water partition coefficient (Wildman–Crippen LogP) is 2.35. The third-order valence-electron chi connectivity index (χ3n) is 5.10. The molecule has 5 heteroatoms. The molecular formula is C22H26O5. The number of rotatable bonds is 10. The molecule has 0 spiro atoms. The van der Waals surface area contributed by atoms with Crippen LogP contribution in [-0.4, -0.2) is 48.8 Å². The van der Waals surface area contributed by atoms with Gasteiger partial charge in [-0.1, -0.05) is 48.5 Å². The van der Waals surface area contributed by atoms with E-state index in [4.69, 9.17) is 24.4 Å². The maximum absolute atomic E-state index is 9.09. The summed E-state index contributed by atoms with van der Waals surface area (Å²) in [5.74, 6) is 0. The lowest BCUT2D eigenvalue weighted by molar-refractivity contribution is -0.0419. The van der Waals surface area contributed by atoms with Crippen molar-refractivity contribution in [3.8, 4) is 0 Å². The quantitative estimate of drug-likeness (QED) is 0.628. The number of aliphatic hydroxyl groups excluding tert-OH is 2. The van der Waals surface area contributed by atoms with E-state index in [0.29, 0.717) is 26.1 Å². The average molecular weight is 370 g/mol. The highest BCUT2D eigenvalue weighted by Gasteiger charge is 2.42. The summed E-state index contributed by atoms with van der Waals surface area (Å²) >= 11 is 0. The summed E-state index contributed by atoms with van der Waals surface area (Å²) in [6.45, 7) is 1.71. The summed E-state index contributed by atoms with van der Waals surface area (Å²) in [5.41, 5.74) is 4.39. The van der Waals surface area contributed by atoms with E-state index in [1.54, 1.807) is 0 Å². The van der Waals surface area contributed by atoms with Crippen LogP contribution in [0.25, 0.3) is 0 Å². The molecule has 4 rings (SSSR count). The van der Waals surface area contributed by atoms with Gasteiger partial charge < -0.3 is 24.4 Å². The van der Waals surface area contributed by atoms with Crippen LogP contribution in [0.3, 0.4) is 0 Å². The Morgan fingerprint density at radius 3 is 1.41 bits per heavy atom. The highest BCUT2D eigenvalue weighted by molar-refractivity contribution is 5.28. The molecule has 2 aliphatic rings. The van der Waals surface area contributed by atoms with Crippen molar-refractivity contribution in [1.82, 2.24) is 0 Å². The number of aliphatic hydroxyl groups is 2. The van der Waals surface area contributed by atoms with Crippen molar-refractivity contribution in [2.45, 2.75) is 37.3 Å². The lowest BCUT2D eigenvalue weighted by Gasteiger charge is -2.24. The maximum Gasteiger partial charge on any atom is 0.112 e. The van der Waals surface area contributed by atoms with Crippen LogP contribution in [-0.2, 0) is 27.1 Å². The van der Waals surface area contributed by atoms with E-state index in [1.807, 2.05) is 24.3 Å². The van der Waals surface area contributed by atoms with Crippen LogP contribution < -0.4 is 0 Å². The monoisotopic (exact) mass is 370 g/mol. The predicted molar refractivity (Wildman–Crippen MR) is 101 cm³/mol. The van der Waals surface area contributed by atoms with Gasteiger partial charge in [0.15, 0.2) is 0 Å². The van der Waals surface area contributed by atoms with Crippen molar-refractivity contribution < 1.29 is 24.4 Å². The molecule has 0 radical (unpaired) electrons. The molecule has 2 fully saturated rings. The molecule has 2 saturated heterocycles. The number of ether oxygens (including phenoxy) is 3. The molecule has 2 aliphatic heterocycles. The molecule has 2 N–H and O–H groups in total. The van der Waals surface area contributed by atoms with Gasteiger partial charge in [-0.15, -0.1) is 0 Å². The minimum atomic E-state index is -0.139. The van der Waals surface area contributed by atoms with Crippen molar-refractivity contribution in [2.24, 2.45) is 0 Å². The van der Waals surface area contributed by atoms with Crippen molar-refractivity contribution in [1.29, 1.82) is 0 Å². The first-order valence-electron chi connectivity index (χ1n) is 9.56. The van der Waals surface area contributed by atoms with Crippen LogP contribution in [0.4, 0.5) is 0 Å². The van der Waals surface area contributed by atoms with Crippen molar-refractivity contribution in [2.75, 3.05) is 26.4 Å². The van der Waals surface area contributed by atoms with E-state index in [-0.39, 0.29) is 37.6 Å². The molecule has 5 nitrogen and oxygen atoms in total. The fourth-order valence-corrected chi connectivity index (χ4v) is 3.39. The Morgan fingerprint density at radius 1 is 0.741 bits per heavy atom. The molecule has 0 bridgehead atoms. The van der Waals surface area contributed by atoms with E-state index in [9.17, 15) is 0 Å². The summed E-state index contributed by atoms with van der Waals surface area (Å²) in [6.07, 6.45) is 1.18. The third-order valence-corrected chi connectivity index (χ3v) is 5.10. The van der Waals surface area contributed by atoms with E-state index in [1.165, 1.54) is 0 Å². The van der Waals surface area contributed by atoms with Crippen LogP contribution >= 0.6 is 0 Å². The fourth-order valence-electron chi connectivity index (χ4n) is 3.39. The summed E-state index contributed by atoms with van der Waals surface area (Å²) < 4.78 is 17.6. The van der Waals surface area contributed by atoms with Gasteiger partial charge in [0.2, 0.25) is 0 Å².